The van der Waals surface area contributed by atoms with Gasteiger partial charge in [-0.15, -0.1) is 0 Å². The minimum absolute atomic E-state index is 0.545. The summed E-state index contributed by atoms with van der Waals surface area (Å²) in [7, 11) is 4.31. The molecule has 0 bridgehead atoms. The Kier molecular flexibility index (Phi) is 3.19. The van der Waals surface area contributed by atoms with Gasteiger partial charge in [-0.2, -0.15) is 0 Å². The molecule has 4 rings (SSSR count). The molecule has 3 aromatic rings. The molecule has 0 N–H and O–H groups in total. The van der Waals surface area contributed by atoms with Gasteiger partial charge in [0.25, 0.3) is 0 Å². The van der Waals surface area contributed by atoms with Gasteiger partial charge in [0.2, 0.25) is 0 Å². The lowest BCUT2D eigenvalue weighted by Crippen LogP contribution is -2.39. The van der Waals surface area contributed by atoms with Crippen molar-refractivity contribution in [2.75, 3.05) is 14.1 Å². The van der Waals surface area contributed by atoms with E-state index in [1.54, 1.807) is 0 Å². The molecular weight excluding hydrogens is 272 g/mol. The van der Waals surface area contributed by atoms with E-state index in [1.807, 2.05) is 24.7 Å². The van der Waals surface area contributed by atoms with E-state index in [9.17, 15) is 0 Å². The number of hydrogen-bond donors (Lipinski definition) is 0. The molecule has 1 aliphatic rings. The molecule has 2 heterocycles. The first-order chi connectivity index (χ1) is 10.7. The molecular formula is C18H20N4. The van der Waals surface area contributed by atoms with Crippen LogP contribution in [0.25, 0.3) is 16.9 Å². The van der Waals surface area contributed by atoms with E-state index in [0.717, 1.165) is 16.9 Å². The molecule has 2 aromatic heterocycles. The van der Waals surface area contributed by atoms with Crippen LogP contribution in [0.5, 0.6) is 0 Å². The molecule has 1 saturated carbocycles. The van der Waals surface area contributed by atoms with E-state index in [4.69, 9.17) is 4.98 Å². The molecule has 0 unspecified atom stereocenters. The first-order valence-electron chi connectivity index (χ1n) is 7.78. The lowest BCUT2D eigenvalue weighted by atomic mass is 9.77. The van der Waals surface area contributed by atoms with Gasteiger partial charge in [-0.05, 0) is 26.9 Å². The molecule has 0 atom stereocenters. The van der Waals surface area contributed by atoms with E-state index in [1.165, 1.54) is 18.5 Å². The summed E-state index contributed by atoms with van der Waals surface area (Å²) >= 11 is 0. The SMILES string of the molecule is CN(C)C1CC(c2nc(-c3ccccc3)n3ccncc23)C1. The molecule has 0 amide bonds. The van der Waals surface area contributed by atoms with Crippen molar-refractivity contribution >= 4 is 5.52 Å². The van der Waals surface area contributed by atoms with Crippen LogP contribution in [0.3, 0.4) is 0 Å². The number of imidazole rings is 1. The van der Waals surface area contributed by atoms with Crippen LogP contribution in [0.4, 0.5) is 0 Å². The third kappa shape index (κ3) is 2.11. The van der Waals surface area contributed by atoms with Crippen molar-refractivity contribution in [3.63, 3.8) is 0 Å². The molecule has 1 aliphatic carbocycles. The van der Waals surface area contributed by atoms with E-state index >= 15 is 0 Å². The van der Waals surface area contributed by atoms with Crippen molar-refractivity contribution in [2.24, 2.45) is 0 Å². The van der Waals surface area contributed by atoms with Gasteiger partial charge in [0, 0.05) is 29.9 Å². The standard InChI is InChI=1S/C18H20N4/c1-21(2)15-10-14(11-15)17-16-12-19-8-9-22(16)18(20-17)13-6-4-3-5-7-13/h3-9,12,14-15H,10-11H2,1-2H3. The van der Waals surface area contributed by atoms with E-state index in [0.29, 0.717) is 12.0 Å². The van der Waals surface area contributed by atoms with Crippen LogP contribution >= 0.6 is 0 Å². The molecule has 112 valence electrons. The molecule has 0 radical (unpaired) electrons. The largest absolute Gasteiger partial charge is 0.306 e. The summed E-state index contributed by atoms with van der Waals surface area (Å²) in [6, 6.07) is 11.1. The monoisotopic (exact) mass is 292 g/mol. The molecule has 1 aromatic carbocycles. The number of nitrogens with zero attached hydrogens (tertiary/aromatic N) is 4. The van der Waals surface area contributed by atoms with Crippen LogP contribution in [0.15, 0.2) is 48.9 Å². The number of fused-ring (bicyclic) bond motifs is 1. The zero-order valence-corrected chi connectivity index (χ0v) is 13.0. The average molecular weight is 292 g/mol. The van der Waals surface area contributed by atoms with E-state index in [2.05, 4.69) is 52.6 Å². The van der Waals surface area contributed by atoms with Crippen LogP contribution in [0, 0.1) is 0 Å². The van der Waals surface area contributed by atoms with Crippen molar-refractivity contribution in [3.8, 4) is 11.4 Å². The number of hydrogen-bond acceptors (Lipinski definition) is 3. The zero-order valence-electron chi connectivity index (χ0n) is 13.0. The van der Waals surface area contributed by atoms with Crippen molar-refractivity contribution in [3.05, 3.63) is 54.6 Å². The molecule has 4 heteroatoms. The first kappa shape index (κ1) is 13.5. The summed E-state index contributed by atoms with van der Waals surface area (Å²) in [6.45, 7) is 0. The van der Waals surface area contributed by atoms with Crippen molar-refractivity contribution in [2.45, 2.75) is 24.8 Å². The summed E-state index contributed by atoms with van der Waals surface area (Å²) in [5.74, 6) is 1.56. The Labute approximate surface area is 130 Å². The second kappa shape index (κ2) is 5.21. The van der Waals surface area contributed by atoms with Gasteiger partial charge in [-0.25, -0.2) is 4.98 Å². The fourth-order valence-corrected chi connectivity index (χ4v) is 3.28. The Morgan fingerprint density at radius 1 is 1.14 bits per heavy atom. The third-order valence-electron chi connectivity index (χ3n) is 4.74. The maximum Gasteiger partial charge on any atom is 0.144 e. The number of rotatable bonds is 3. The smallest absolute Gasteiger partial charge is 0.144 e. The minimum Gasteiger partial charge on any atom is -0.306 e. The summed E-state index contributed by atoms with van der Waals surface area (Å²) in [5.41, 5.74) is 3.49. The Hall–Kier alpha value is -2.20. The molecule has 1 fully saturated rings. The van der Waals surface area contributed by atoms with Crippen molar-refractivity contribution < 1.29 is 0 Å². The molecule has 22 heavy (non-hydrogen) atoms. The lowest BCUT2D eigenvalue weighted by Gasteiger charge is -2.38. The Bertz CT molecular complexity index is 785. The maximum absolute atomic E-state index is 4.98. The quantitative estimate of drug-likeness (QED) is 0.743. The van der Waals surface area contributed by atoms with Gasteiger partial charge >= 0.3 is 0 Å². The van der Waals surface area contributed by atoms with Crippen LogP contribution in [-0.4, -0.2) is 39.4 Å². The number of aromatic nitrogens is 3. The van der Waals surface area contributed by atoms with Crippen molar-refractivity contribution in [1.82, 2.24) is 19.3 Å². The topological polar surface area (TPSA) is 33.4 Å². The highest BCUT2D eigenvalue weighted by molar-refractivity contribution is 5.65. The Balaban J connectivity index is 1.78. The lowest BCUT2D eigenvalue weighted by molar-refractivity contribution is 0.165. The fourth-order valence-electron chi connectivity index (χ4n) is 3.28. The van der Waals surface area contributed by atoms with Gasteiger partial charge in [0.15, 0.2) is 0 Å². The molecule has 0 saturated heterocycles. The molecule has 4 nitrogen and oxygen atoms in total. The predicted molar refractivity (Wildman–Crippen MR) is 87.9 cm³/mol. The zero-order chi connectivity index (χ0) is 15.1. The molecule has 0 spiro atoms. The van der Waals surface area contributed by atoms with Gasteiger partial charge in [0.1, 0.15) is 5.82 Å². The van der Waals surface area contributed by atoms with Gasteiger partial charge in [-0.3, -0.25) is 9.38 Å². The van der Waals surface area contributed by atoms with Crippen LogP contribution in [0.1, 0.15) is 24.5 Å². The van der Waals surface area contributed by atoms with Crippen molar-refractivity contribution in [1.29, 1.82) is 0 Å². The highest BCUT2D eigenvalue weighted by Crippen LogP contribution is 2.41. The Morgan fingerprint density at radius 2 is 1.91 bits per heavy atom. The predicted octanol–water partition coefficient (Wildman–Crippen LogP) is 3.20. The number of benzene rings is 1. The van der Waals surface area contributed by atoms with E-state index < -0.39 is 0 Å². The summed E-state index contributed by atoms with van der Waals surface area (Å²) in [4.78, 5) is 11.6. The minimum atomic E-state index is 0.545. The summed E-state index contributed by atoms with van der Waals surface area (Å²) < 4.78 is 2.17. The second-order valence-electron chi connectivity index (χ2n) is 6.30. The summed E-state index contributed by atoms with van der Waals surface area (Å²) in [6.07, 6.45) is 8.15. The highest BCUT2D eigenvalue weighted by Gasteiger charge is 2.34. The highest BCUT2D eigenvalue weighted by atomic mass is 15.1. The fraction of sp³-hybridized carbons (Fsp3) is 0.333. The average Bonchev–Trinajstić information content (AvgIpc) is 2.86. The van der Waals surface area contributed by atoms with Gasteiger partial charge in [-0.1, -0.05) is 30.3 Å². The van der Waals surface area contributed by atoms with Gasteiger partial charge in [0.05, 0.1) is 17.4 Å². The van der Waals surface area contributed by atoms with Gasteiger partial charge < -0.3 is 4.90 Å². The molecule has 0 aliphatic heterocycles. The summed E-state index contributed by atoms with van der Waals surface area (Å²) in [5, 5.41) is 0. The maximum atomic E-state index is 4.98. The van der Waals surface area contributed by atoms with Crippen LogP contribution in [-0.2, 0) is 0 Å². The third-order valence-corrected chi connectivity index (χ3v) is 4.74. The van der Waals surface area contributed by atoms with E-state index in [-0.39, 0.29) is 0 Å². The normalized spacial score (nSPS) is 21.2. The van der Waals surface area contributed by atoms with Crippen LogP contribution < -0.4 is 0 Å². The van der Waals surface area contributed by atoms with Crippen LogP contribution in [0.2, 0.25) is 0 Å². The second-order valence-corrected chi connectivity index (χ2v) is 6.30. The first-order valence-corrected chi connectivity index (χ1v) is 7.78. The Morgan fingerprint density at radius 3 is 2.64 bits per heavy atom.